The summed E-state index contributed by atoms with van der Waals surface area (Å²) in [6.07, 6.45) is 12.0. The lowest BCUT2D eigenvalue weighted by Crippen LogP contribution is -2.00. The molecule has 0 unspecified atom stereocenters. The Kier molecular flexibility index (Phi) is 4.07. The molecule has 0 spiro atoms. The van der Waals surface area contributed by atoms with Gasteiger partial charge in [0, 0.05) is 17.0 Å². The number of benzene rings is 2. The third-order valence-electron chi connectivity index (χ3n) is 3.32. The molecule has 0 radical (unpaired) electrons. The van der Waals surface area contributed by atoms with E-state index >= 15 is 0 Å². The van der Waals surface area contributed by atoms with Crippen molar-refractivity contribution in [1.82, 2.24) is 0 Å². The molecular formula is C19H16. The van der Waals surface area contributed by atoms with E-state index in [2.05, 4.69) is 43.0 Å². The fourth-order valence-corrected chi connectivity index (χ4v) is 2.35. The summed E-state index contributed by atoms with van der Waals surface area (Å²) in [7, 11) is 0. The summed E-state index contributed by atoms with van der Waals surface area (Å²) in [5.74, 6) is 5.71. The minimum Gasteiger partial charge on any atom is -0.115 e. The zero-order valence-electron chi connectivity index (χ0n) is 11.1. The van der Waals surface area contributed by atoms with Crippen molar-refractivity contribution < 1.29 is 0 Å². The first-order chi connectivity index (χ1) is 9.28. The standard InChI is InChI=1S/C19H16/c1-4-15-9-7-11-17(13-15)19(6-3)18-12-8-10-16(5-2)14-18/h1-2,7-14,19H,6H2,3H3. The fourth-order valence-electron chi connectivity index (χ4n) is 2.35. The average molecular weight is 244 g/mol. The van der Waals surface area contributed by atoms with Crippen molar-refractivity contribution in [3.05, 3.63) is 70.8 Å². The molecule has 0 aliphatic rings. The second kappa shape index (κ2) is 5.94. The van der Waals surface area contributed by atoms with Crippen molar-refractivity contribution in [2.75, 3.05) is 0 Å². The number of hydrogen-bond donors (Lipinski definition) is 0. The summed E-state index contributed by atoms with van der Waals surface area (Å²) in [4.78, 5) is 0. The van der Waals surface area contributed by atoms with E-state index in [1.54, 1.807) is 0 Å². The highest BCUT2D eigenvalue weighted by molar-refractivity contribution is 5.43. The highest BCUT2D eigenvalue weighted by Gasteiger charge is 2.12. The third kappa shape index (κ3) is 2.87. The Morgan fingerprint density at radius 1 is 0.895 bits per heavy atom. The number of hydrogen-bond acceptors (Lipinski definition) is 0. The van der Waals surface area contributed by atoms with Crippen LogP contribution < -0.4 is 0 Å². The Bertz CT molecular complexity index is 593. The molecule has 19 heavy (non-hydrogen) atoms. The van der Waals surface area contributed by atoms with Gasteiger partial charge in [-0.2, -0.15) is 0 Å². The summed E-state index contributed by atoms with van der Waals surface area (Å²) >= 11 is 0. The van der Waals surface area contributed by atoms with Crippen molar-refractivity contribution in [2.45, 2.75) is 19.3 Å². The molecule has 0 amide bonds. The molecule has 0 bridgehead atoms. The Hall–Kier alpha value is -2.44. The SMILES string of the molecule is C#Cc1cccc(C(CC)c2cccc(C#C)c2)c1. The van der Waals surface area contributed by atoms with E-state index in [1.807, 2.05) is 24.3 Å². The Labute approximate surface area is 115 Å². The van der Waals surface area contributed by atoms with Crippen LogP contribution in [0.15, 0.2) is 48.5 Å². The van der Waals surface area contributed by atoms with Gasteiger partial charge in [0.25, 0.3) is 0 Å². The Morgan fingerprint density at radius 2 is 1.37 bits per heavy atom. The van der Waals surface area contributed by atoms with Crippen LogP contribution in [0.2, 0.25) is 0 Å². The predicted molar refractivity (Wildman–Crippen MR) is 80.9 cm³/mol. The molecule has 0 heteroatoms. The molecule has 2 aromatic rings. The van der Waals surface area contributed by atoms with Gasteiger partial charge in [-0.1, -0.05) is 43.0 Å². The van der Waals surface area contributed by atoms with E-state index in [9.17, 15) is 0 Å². The van der Waals surface area contributed by atoms with E-state index in [-0.39, 0.29) is 0 Å². The molecule has 0 saturated carbocycles. The molecule has 0 aliphatic heterocycles. The van der Waals surface area contributed by atoms with Crippen LogP contribution in [0.3, 0.4) is 0 Å². The third-order valence-corrected chi connectivity index (χ3v) is 3.32. The molecular weight excluding hydrogens is 228 g/mol. The van der Waals surface area contributed by atoms with E-state index in [0.29, 0.717) is 5.92 Å². The van der Waals surface area contributed by atoms with Crippen molar-refractivity contribution in [3.8, 4) is 24.7 Å². The first-order valence-electron chi connectivity index (χ1n) is 6.41. The normalized spacial score (nSPS) is 9.89. The van der Waals surface area contributed by atoms with Crippen molar-refractivity contribution >= 4 is 0 Å². The fraction of sp³-hybridized carbons (Fsp3) is 0.158. The maximum absolute atomic E-state index is 5.47. The van der Waals surface area contributed by atoms with Gasteiger partial charge >= 0.3 is 0 Å². The lowest BCUT2D eigenvalue weighted by Gasteiger charge is -2.16. The zero-order valence-corrected chi connectivity index (χ0v) is 11.1. The molecule has 0 aliphatic carbocycles. The van der Waals surface area contributed by atoms with Crippen LogP contribution in [0.4, 0.5) is 0 Å². The van der Waals surface area contributed by atoms with Gasteiger partial charge in [0.2, 0.25) is 0 Å². The first kappa shape index (κ1) is 13.0. The van der Waals surface area contributed by atoms with E-state index in [1.165, 1.54) is 11.1 Å². The lowest BCUT2D eigenvalue weighted by atomic mass is 9.87. The highest BCUT2D eigenvalue weighted by Crippen LogP contribution is 2.28. The number of terminal acetylenes is 2. The average Bonchev–Trinajstić information content (AvgIpc) is 2.48. The summed E-state index contributed by atoms with van der Waals surface area (Å²) in [6.45, 7) is 2.18. The van der Waals surface area contributed by atoms with Gasteiger partial charge in [-0.05, 0) is 41.8 Å². The van der Waals surface area contributed by atoms with E-state index in [4.69, 9.17) is 12.8 Å². The van der Waals surface area contributed by atoms with Crippen LogP contribution in [-0.2, 0) is 0 Å². The molecule has 2 aromatic carbocycles. The molecule has 0 fully saturated rings. The van der Waals surface area contributed by atoms with E-state index in [0.717, 1.165) is 17.5 Å². The molecule has 92 valence electrons. The van der Waals surface area contributed by atoms with Gasteiger partial charge in [0.05, 0.1) is 0 Å². The summed E-state index contributed by atoms with van der Waals surface area (Å²) < 4.78 is 0. The highest BCUT2D eigenvalue weighted by atomic mass is 14.2. The predicted octanol–water partition coefficient (Wildman–Crippen LogP) is 4.19. The molecule has 0 heterocycles. The monoisotopic (exact) mass is 244 g/mol. The van der Waals surface area contributed by atoms with Gasteiger partial charge in [-0.25, -0.2) is 0 Å². The Morgan fingerprint density at radius 3 is 1.74 bits per heavy atom. The minimum absolute atomic E-state index is 0.335. The molecule has 0 atom stereocenters. The zero-order chi connectivity index (χ0) is 13.7. The maximum atomic E-state index is 5.47. The second-order valence-electron chi connectivity index (χ2n) is 4.50. The van der Waals surface area contributed by atoms with Crippen LogP contribution in [0.25, 0.3) is 0 Å². The van der Waals surface area contributed by atoms with Gasteiger partial charge in [-0.15, -0.1) is 12.8 Å². The Balaban J connectivity index is 2.44. The minimum atomic E-state index is 0.335. The molecule has 0 nitrogen and oxygen atoms in total. The largest absolute Gasteiger partial charge is 0.115 e. The van der Waals surface area contributed by atoms with Crippen LogP contribution in [0.1, 0.15) is 41.5 Å². The van der Waals surface area contributed by atoms with Gasteiger partial charge in [0.15, 0.2) is 0 Å². The van der Waals surface area contributed by atoms with E-state index < -0.39 is 0 Å². The van der Waals surface area contributed by atoms with Crippen molar-refractivity contribution in [2.24, 2.45) is 0 Å². The van der Waals surface area contributed by atoms with Gasteiger partial charge < -0.3 is 0 Å². The quantitative estimate of drug-likeness (QED) is 0.710. The van der Waals surface area contributed by atoms with Crippen LogP contribution in [-0.4, -0.2) is 0 Å². The first-order valence-corrected chi connectivity index (χ1v) is 6.41. The summed E-state index contributed by atoms with van der Waals surface area (Å²) in [5.41, 5.74) is 4.33. The molecule has 0 N–H and O–H groups in total. The number of rotatable bonds is 3. The molecule has 2 rings (SSSR count). The van der Waals surface area contributed by atoms with Crippen molar-refractivity contribution in [1.29, 1.82) is 0 Å². The second-order valence-corrected chi connectivity index (χ2v) is 4.50. The smallest absolute Gasteiger partial charge is 0.0245 e. The topological polar surface area (TPSA) is 0 Å². The molecule has 0 aromatic heterocycles. The van der Waals surface area contributed by atoms with Gasteiger partial charge in [-0.3, -0.25) is 0 Å². The summed E-state index contributed by atoms with van der Waals surface area (Å²) in [6, 6.07) is 16.3. The summed E-state index contributed by atoms with van der Waals surface area (Å²) in [5, 5.41) is 0. The molecule has 0 saturated heterocycles. The van der Waals surface area contributed by atoms with Gasteiger partial charge in [0.1, 0.15) is 0 Å². The maximum Gasteiger partial charge on any atom is 0.0245 e. The van der Waals surface area contributed by atoms with Crippen molar-refractivity contribution in [3.63, 3.8) is 0 Å². The van der Waals surface area contributed by atoms with Crippen LogP contribution in [0, 0.1) is 24.7 Å². The van der Waals surface area contributed by atoms with Crippen LogP contribution >= 0.6 is 0 Å². The lowest BCUT2D eigenvalue weighted by molar-refractivity contribution is 0.777. The van der Waals surface area contributed by atoms with Crippen LogP contribution in [0.5, 0.6) is 0 Å².